The lowest BCUT2D eigenvalue weighted by molar-refractivity contribution is -0.385. The fourth-order valence-electron chi connectivity index (χ4n) is 1.13. The van der Waals surface area contributed by atoms with Gasteiger partial charge in [0.25, 0.3) is 0 Å². The Hall–Kier alpha value is -2.11. The van der Waals surface area contributed by atoms with E-state index in [-0.39, 0.29) is 11.2 Å². The molecule has 0 amide bonds. The van der Waals surface area contributed by atoms with Gasteiger partial charge in [0.05, 0.1) is 16.8 Å². The van der Waals surface area contributed by atoms with Gasteiger partial charge in [-0.25, -0.2) is 4.98 Å². The topological polar surface area (TPSA) is 92.0 Å². The minimum absolute atomic E-state index is 0.217. The Morgan fingerprint density at radius 2 is 2.31 bits per heavy atom. The van der Waals surface area contributed by atoms with Crippen LogP contribution in [0.25, 0.3) is 11.0 Å². The van der Waals surface area contributed by atoms with E-state index < -0.39 is 10.7 Å². The van der Waals surface area contributed by atoms with Crippen molar-refractivity contribution < 1.29 is 10.0 Å². The average molecular weight is 179 g/mol. The Labute approximate surface area is 72.0 Å². The molecule has 0 aliphatic carbocycles. The van der Waals surface area contributed by atoms with Crippen molar-refractivity contribution in [3.8, 4) is 5.75 Å². The van der Waals surface area contributed by atoms with Crippen LogP contribution in [-0.4, -0.2) is 20.0 Å². The number of hydrogen-bond donors (Lipinski definition) is 2. The number of nitro groups is 1. The third-order valence-electron chi connectivity index (χ3n) is 1.74. The molecule has 0 fully saturated rings. The second-order valence-corrected chi connectivity index (χ2v) is 2.49. The molecule has 1 heterocycles. The first-order valence-electron chi connectivity index (χ1n) is 3.49. The molecule has 0 aliphatic heterocycles. The van der Waals surface area contributed by atoms with Crippen LogP contribution in [0.1, 0.15) is 0 Å². The number of phenols is 1. The summed E-state index contributed by atoms with van der Waals surface area (Å²) in [7, 11) is 0. The number of nitro benzene ring substituents is 1. The van der Waals surface area contributed by atoms with E-state index in [1.165, 1.54) is 18.5 Å². The van der Waals surface area contributed by atoms with Gasteiger partial charge in [0.1, 0.15) is 5.52 Å². The van der Waals surface area contributed by atoms with Gasteiger partial charge in [-0.05, 0) is 6.07 Å². The summed E-state index contributed by atoms with van der Waals surface area (Å²) < 4.78 is 0. The lowest BCUT2D eigenvalue weighted by Crippen LogP contribution is -1.88. The molecule has 0 atom stereocenters. The third kappa shape index (κ3) is 0.994. The molecule has 66 valence electrons. The van der Waals surface area contributed by atoms with Crippen molar-refractivity contribution in [2.24, 2.45) is 0 Å². The number of aromatic nitrogens is 2. The van der Waals surface area contributed by atoms with Gasteiger partial charge in [-0.3, -0.25) is 10.1 Å². The Balaban J connectivity index is 2.80. The summed E-state index contributed by atoms with van der Waals surface area (Å²) >= 11 is 0. The molecular formula is C7H5N3O3. The van der Waals surface area contributed by atoms with E-state index in [0.717, 1.165) is 0 Å². The Morgan fingerprint density at radius 1 is 1.54 bits per heavy atom. The van der Waals surface area contributed by atoms with Crippen LogP contribution in [0.4, 0.5) is 5.69 Å². The number of rotatable bonds is 1. The number of nitrogens with zero attached hydrogens (tertiary/aromatic N) is 2. The van der Waals surface area contributed by atoms with Crippen molar-refractivity contribution >= 4 is 16.7 Å². The third-order valence-corrected chi connectivity index (χ3v) is 1.74. The molecule has 0 unspecified atom stereocenters. The molecule has 6 heteroatoms. The first-order valence-corrected chi connectivity index (χ1v) is 3.49. The lowest BCUT2D eigenvalue weighted by atomic mass is 10.2. The number of benzene rings is 1. The molecule has 2 N–H and O–H groups in total. The molecule has 0 radical (unpaired) electrons. The minimum Gasteiger partial charge on any atom is -0.501 e. The quantitative estimate of drug-likeness (QED) is 0.507. The minimum atomic E-state index is -0.649. The largest absolute Gasteiger partial charge is 0.501 e. The van der Waals surface area contributed by atoms with Crippen LogP contribution in [-0.2, 0) is 0 Å². The van der Waals surface area contributed by atoms with Crippen molar-refractivity contribution in [2.75, 3.05) is 0 Å². The van der Waals surface area contributed by atoms with Gasteiger partial charge >= 0.3 is 5.69 Å². The van der Waals surface area contributed by atoms with Crippen LogP contribution < -0.4 is 0 Å². The first kappa shape index (κ1) is 7.53. The summed E-state index contributed by atoms with van der Waals surface area (Å²) in [5.41, 5.74) is 0.455. The van der Waals surface area contributed by atoms with Crippen LogP contribution in [0, 0.1) is 10.1 Å². The van der Waals surface area contributed by atoms with Crippen molar-refractivity contribution in [1.82, 2.24) is 9.97 Å². The number of imidazole rings is 1. The van der Waals surface area contributed by atoms with Crippen LogP contribution in [0.15, 0.2) is 18.5 Å². The van der Waals surface area contributed by atoms with Gasteiger partial charge in [0.2, 0.25) is 5.75 Å². The molecule has 0 aliphatic rings. The monoisotopic (exact) mass is 179 g/mol. The number of fused-ring (bicyclic) bond motifs is 1. The number of hydrogen-bond acceptors (Lipinski definition) is 4. The maximum absolute atomic E-state index is 10.4. The van der Waals surface area contributed by atoms with Crippen molar-refractivity contribution in [2.45, 2.75) is 0 Å². The SMILES string of the molecule is O=[N+]([O-])c1ccc2[nH]cnc2c1O. The van der Waals surface area contributed by atoms with Crippen LogP contribution >= 0.6 is 0 Å². The van der Waals surface area contributed by atoms with Gasteiger partial charge < -0.3 is 10.1 Å². The maximum Gasteiger partial charge on any atom is 0.313 e. The summed E-state index contributed by atoms with van der Waals surface area (Å²) in [6.45, 7) is 0. The molecule has 6 nitrogen and oxygen atoms in total. The van der Waals surface area contributed by atoms with Gasteiger partial charge in [-0.2, -0.15) is 0 Å². The van der Waals surface area contributed by atoms with Crippen molar-refractivity contribution in [3.05, 3.63) is 28.6 Å². The number of aromatic amines is 1. The smallest absolute Gasteiger partial charge is 0.313 e. The first-order chi connectivity index (χ1) is 6.20. The molecule has 0 saturated carbocycles. The molecule has 1 aromatic heterocycles. The predicted octanol–water partition coefficient (Wildman–Crippen LogP) is 1.18. The van der Waals surface area contributed by atoms with E-state index in [1.807, 2.05) is 0 Å². The molecule has 1 aromatic carbocycles. The molecule has 0 spiro atoms. The number of H-pyrrole nitrogens is 1. The molecular weight excluding hydrogens is 174 g/mol. The summed E-state index contributed by atoms with van der Waals surface area (Å²) in [6.07, 6.45) is 1.37. The van der Waals surface area contributed by atoms with Crippen LogP contribution in [0.2, 0.25) is 0 Å². The summed E-state index contributed by atoms with van der Waals surface area (Å²) in [4.78, 5) is 16.2. The molecule has 2 aromatic rings. The predicted molar refractivity (Wildman–Crippen MR) is 44.4 cm³/mol. The standard InChI is InChI=1S/C7H5N3O3/c11-7-5(10(12)13)2-1-4-6(7)9-3-8-4/h1-3,11H,(H,8,9). The number of nitrogens with one attached hydrogen (secondary N) is 1. The van der Waals surface area contributed by atoms with E-state index in [4.69, 9.17) is 0 Å². The summed E-state index contributed by atoms with van der Waals surface area (Å²) in [6, 6.07) is 2.73. The molecule has 13 heavy (non-hydrogen) atoms. The van der Waals surface area contributed by atoms with Crippen LogP contribution in [0.5, 0.6) is 5.75 Å². The molecule has 0 bridgehead atoms. The number of phenolic OH excluding ortho intramolecular Hbond substituents is 1. The van der Waals surface area contributed by atoms with Crippen LogP contribution in [0.3, 0.4) is 0 Å². The molecule has 0 saturated heterocycles. The Kier molecular flexibility index (Phi) is 1.42. The summed E-state index contributed by atoms with van der Waals surface area (Å²) in [5, 5.41) is 19.8. The molecule has 2 rings (SSSR count). The van der Waals surface area contributed by atoms with Gasteiger partial charge in [0, 0.05) is 6.07 Å². The highest BCUT2D eigenvalue weighted by atomic mass is 16.6. The summed E-state index contributed by atoms with van der Waals surface area (Å²) in [5.74, 6) is -0.399. The van der Waals surface area contributed by atoms with Crippen molar-refractivity contribution in [3.63, 3.8) is 0 Å². The zero-order chi connectivity index (χ0) is 9.42. The zero-order valence-corrected chi connectivity index (χ0v) is 6.39. The van der Waals surface area contributed by atoms with Gasteiger partial charge in [-0.15, -0.1) is 0 Å². The highest BCUT2D eigenvalue weighted by Gasteiger charge is 2.16. The van der Waals surface area contributed by atoms with E-state index >= 15 is 0 Å². The van der Waals surface area contributed by atoms with E-state index in [2.05, 4.69) is 9.97 Å². The highest BCUT2D eigenvalue weighted by molar-refractivity contribution is 5.85. The van der Waals surface area contributed by atoms with Gasteiger partial charge in [-0.1, -0.05) is 0 Å². The Bertz CT molecular complexity index is 477. The lowest BCUT2D eigenvalue weighted by Gasteiger charge is -1.95. The average Bonchev–Trinajstić information content (AvgIpc) is 2.52. The maximum atomic E-state index is 10.4. The van der Waals surface area contributed by atoms with Gasteiger partial charge in [0.15, 0.2) is 0 Å². The van der Waals surface area contributed by atoms with E-state index in [1.54, 1.807) is 0 Å². The van der Waals surface area contributed by atoms with E-state index in [0.29, 0.717) is 5.52 Å². The normalized spacial score (nSPS) is 10.5. The second kappa shape index (κ2) is 2.44. The zero-order valence-electron chi connectivity index (χ0n) is 6.39. The van der Waals surface area contributed by atoms with Crippen molar-refractivity contribution in [1.29, 1.82) is 0 Å². The highest BCUT2D eigenvalue weighted by Crippen LogP contribution is 2.31. The number of aromatic hydroxyl groups is 1. The second-order valence-electron chi connectivity index (χ2n) is 2.49. The fourth-order valence-corrected chi connectivity index (χ4v) is 1.13. The Morgan fingerprint density at radius 3 is 3.00 bits per heavy atom. The fraction of sp³-hybridized carbons (Fsp3) is 0. The van der Waals surface area contributed by atoms with E-state index in [9.17, 15) is 15.2 Å².